The zero-order valence-corrected chi connectivity index (χ0v) is 15.2. The molecule has 2 aromatic carbocycles. The highest BCUT2D eigenvalue weighted by Gasteiger charge is 2.25. The molecule has 0 aliphatic carbocycles. The molecule has 1 aliphatic rings. The number of methoxy groups -OCH3 is 1. The summed E-state index contributed by atoms with van der Waals surface area (Å²) in [4.78, 5) is 27.7. The van der Waals surface area contributed by atoms with Gasteiger partial charge in [-0.1, -0.05) is 30.3 Å². The summed E-state index contributed by atoms with van der Waals surface area (Å²) in [5.74, 6) is 0.103. The van der Waals surface area contributed by atoms with Crippen LogP contribution in [0.5, 0.6) is 0 Å². The van der Waals surface area contributed by atoms with Gasteiger partial charge in [0, 0.05) is 19.2 Å². The van der Waals surface area contributed by atoms with E-state index in [2.05, 4.69) is 5.32 Å². The Balaban J connectivity index is 1.52. The number of ether oxygens (including phenoxy) is 1. The molecule has 138 valence electrons. The van der Waals surface area contributed by atoms with E-state index in [4.69, 9.17) is 4.74 Å². The Morgan fingerprint density at radius 2 is 1.85 bits per heavy atom. The molecule has 0 atom stereocenters. The number of carbonyl (C=O) groups is 2. The van der Waals surface area contributed by atoms with Gasteiger partial charge in [-0.2, -0.15) is 0 Å². The fourth-order valence-corrected chi connectivity index (χ4v) is 3.29. The third-order valence-corrected chi connectivity index (χ3v) is 4.79. The van der Waals surface area contributed by atoms with Crippen LogP contribution in [0.3, 0.4) is 0 Å². The largest absolute Gasteiger partial charge is 0.383 e. The van der Waals surface area contributed by atoms with Crippen molar-refractivity contribution >= 4 is 22.6 Å². The van der Waals surface area contributed by atoms with Gasteiger partial charge in [-0.05, 0) is 22.9 Å². The summed E-state index contributed by atoms with van der Waals surface area (Å²) in [6, 6.07) is 13.9. The number of amides is 2. The van der Waals surface area contributed by atoms with E-state index in [0.717, 1.165) is 29.4 Å². The topological polar surface area (TPSA) is 63.1 Å². The minimum Gasteiger partial charge on any atom is -0.383 e. The van der Waals surface area contributed by atoms with Crippen LogP contribution in [0.1, 0.15) is 10.4 Å². The minimum absolute atomic E-state index is 0.0337. The smallest absolute Gasteiger partial charge is 0.275 e. The highest BCUT2D eigenvalue weighted by molar-refractivity contribution is 5.98. The van der Waals surface area contributed by atoms with E-state index < -0.39 is 0 Å². The van der Waals surface area contributed by atoms with Gasteiger partial charge in [-0.3, -0.25) is 9.59 Å². The van der Waals surface area contributed by atoms with Crippen LogP contribution in [-0.4, -0.2) is 69.7 Å². The second-order valence-corrected chi connectivity index (χ2v) is 6.62. The zero-order valence-electron chi connectivity index (χ0n) is 15.2. The van der Waals surface area contributed by atoms with Crippen LogP contribution in [-0.2, 0) is 9.53 Å². The number of benzene rings is 2. The van der Waals surface area contributed by atoms with Crippen LogP contribution in [0.25, 0.3) is 10.8 Å². The van der Waals surface area contributed by atoms with E-state index >= 15 is 0 Å². The van der Waals surface area contributed by atoms with Crippen LogP contribution in [0.15, 0.2) is 42.5 Å². The van der Waals surface area contributed by atoms with Gasteiger partial charge in [0.05, 0.1) is 32.8 Å². The van der Waals surface area contributed by atoms with Crippen molar-refractivity contribution in [2.45, 2.75) is 0 Å². The number of hydrogen-bond donors (Lipinski definition) is 2. The molecule has 1 heterocycles. The van der Waals surface area contributed by atoms with Gasteiger partial charge in [-0.15, -0.1) is 0 Å². The van der Waals surface area contributed by atoms with Crippen LogP contribution in [0.2, 0.25) is 0 Å². The lowest BCUT2D eigenvalue weighted by Gasteiger charge is -2.32. The quantitative estimate of drug-likeness (QED) is 0.713. The summed E-state index contributed by atoms with van der Waals surface area (Å²) >= 11 is 0. The van der Waals surface area contributed by atoms with Gasteiger partial charge in [0.25, 0.3) is 11.8 Å². The van der Waals surface area contributed by atoms with Crippen LogP contribution >= 0.6 is 0 Å². The van der Waals surface area contributed by atoms with Crippen molar-refractivity contribution in [2.75, 3.05) is 53.0 Å². The molecule has 26 heavy (non-hydrogen) atoms. The first kappa shape index (κ1) is 18.4. The zero-order chi connectivity index (χ0) is 18.4. The Bertz CT molecular complexity index is 770. The highest BCUT2D eigenvalue weighted by Crippen LogP contribution is 2.17. The number of rotatable bonds is 6. The van der Waals surface area contributed by atoms with Crippen molar-refractivity contribution in [2.24, 2.45) is 0 Å². The number of hydrogen-bond acceptors (Lipinski definition) is 3. The number of carbonyl (C=O) groups excluding carboxylic acids is 2. The van der Waals surface area contributed by atoms with E-state index in [1.807, 2.05) is 47.4 Å². The third kappa shape index (κ3) is 4.59. The second-order valence-electron chi connectivity index (χ2n) is 6.62. The van der Waals surface area contributed by atoms with Gasteiger partial charge < -0.3 is 19.9 Å². The molecule has 2 N–H and O–H groups in total. The molecule has 1 aliphatic heterocycles. The van der Waals surface area contributed by atoms with E-state index in [1.165, 1.54) is 4.90 Å². The number of nitrogens with zero attached hydrogens (tertiary/aromatic N) is 1. The summed E-state index contributed by atoms with van der Waals surface area (Å²) in [7, 11) is 1.61. The molecule has 6 nitrogen and oxygen atoms in total. The van der Waals surface area contributed by atoms with Gasteiger partial charge >= 0.3 is 0 Å². The Kier molecular flexibility index (Phi) is 6.20. The average Bonchev–Trinajstić information content (AvgIpc) is 2.68. The SMILES string of the molecule is COCCNC(=O)C[NH+]1CCN(C(=O)c2ccc3ccccc3c2)CC1. The van der Waals surface area contributed by atoms with Crippen LogP contribution in [0, 0.1) is 0 Å². The lowest BCUT2D eigenvalue weighted by Crippen LogP contribution is -3.15. The third-order valence-electron chi connectivity index (χ3n) is 4.79. The molecule has 0 spiro atoms. The Morgan fingerprint density at radius 3 is 2.58 bits per heavy atom. The van der Waals surface area contributed by atoms with Crippen molar-refractivity contribution in [3.63, 3.8) is 0 Å². The maximum atomic E-state index is 12.8. The maximum Gasteiger partial charge on any atom is 0.275 e. The first-order chi connectivity index (χ1) is 12.7. The molecule has 6 heteroatoms. The molecular formula is C20H26N3O3+. The van der Waals surface area contributed by atoms with Crippen LogP contribution < -0.4 is 10.2 Å². The fourth-order valence-electron chi connectivity index (χ4n) is 3.29. The molecule has 0 radical (unpaired) electrons. The van der Waals surface area contributed by atoms with Crippen molar-refractivity contribution < 1.29 is 19.2 Å². The van der Waals surface area contributed by atoms with Crippen molar-refractivity contribution in [1.29, 1.82) is 0 Å². The van der Waals surface area contributed by atoms with Gasteiger partial charge in [-0.25, -0.2) is 0 Å². The van der Waals surface area contributed by atoms with Crippen molar-refractivity contribution in [3.8, 4) is 0 Å². The molecule has 2 aromatic rings. The standard InChI is InChI=1S/C20H25N3O3/c1-26-13-8-21-19(24)15-22-9-11-23(12-10-22)20(25)18-7-6-16-4-2-3-5-17(16)14-18/h2-7,14H,8-13,15H2,1H3,(H,21,24)/p+1. The van der Waals surface area contributed by atoms with E-state index in [9.17, 15) is 9.59 Å². The first-order valence-electron chi connectivity index (χ1n) is 9.04. The predicted octanol–water partition coefficient (Wildman–Crippen LogP) is -0.0569. The predicted molar refractivity (Wildman–Crippen MR) is 100 cm³/mol. The molecule has 0 bridgehead atoms. The average molecular weight is 356 g/mol. The molecule has 0 saturated carbocycles. The highest BCUT2D eigenvalue weighted by atomic mass is 16.5. The molecule has 1 fully saturated rings. The Labute approximate surface area is 153 Å². The first-order valence-corrected chi connectivity index (χ1v) is 9.04. The Morgan fingerprint density at radius 1 is 1.12 bits per heavy atom. The van der Waals surface area contributed by atoms with Gasteiger partial charge in [0.15, 0.2) is 6.54 Å². The maximum absolute atomic E-state index is 12.8. The number of quaternary nitrogens is 1. The van der Waals surface area contributed by atoms with Crippen LogP contribution in [0.4, 0.5) is 0 Å². The van der Waals surface area contributed by atoms with E-state index in [-0.39, 0.29) is 11.8 Å². The summed E-state index contributed by atoms with van der Waals surface area (Å²) in [5.41, 5.74) is 0.726. The van der Waals surface area contributed by atoms with Gasteiger partial charge in [0.1, 0.15) is 0 Å². The molecule has 2 amide bonds. The summed E-state index contributed by atoms with van der Waals surface area (Å²) < 4.78 is 4.93. The second kappa shape index (κ2) is 8.78. The molecule has 3 rings (SSSR count). The Hall–Kier alpha value is -2.44. The lowest BCUT2D eigenvalue weighted by atomic mass is 10.1. The summed E-state index contributed by atoms with van der Waals surface area (Å²) in [6.07, 6.45) is 0. The number of piperazine rings is 1. The van der Waals surface area contributed by atoms with E-state index in [1.54, 1.807) is 7.11 Å². The monoisotopic (exact) mass is 356 g/mol. The molecule has 0 unspecified atom stereocenters. The number of fused-ring (bicyclic) bond motifs is 1. The van der Waals surface area contributed by atoms with Crippen molar-refractivity contribution in [3.05, 3.63) is 48.0 Å². The molecular weight excluding hydrogens is 330 g/mol. The fraction of sp³-hybridized carbons (Fsp3) is 0.400. The minimum atomic E-state index is 0.0337. The molecule has 0 aromatic heterocycles. The summed E-state index contributed by atoms with van der Waals surface area (Å²) in [5, 5.41) is 5.06. The van der Waals surface area contributed by atoms with Crippen molar-refractivity contribution in [1.82, 2.24) is 10.2 Å². The lowest BCUT2D eigenvalue weighted by molar-refractivity contribution is -0.896. The van der Waals surface area contributed by atoms with Gasteiger partial charge in [0.2, 0.25) is 0 Å². The van der Waals surface area contributed by atoms with E-state index in [0.29, 0.717) is 32.8 Å². The number of nitrogens with one attached hydrogen (secondary N) is 2. The normalized spacial score (nSPS) is 15.2. The molecule has 1 saturated heterocycles. The summed E-state index contributed by atoms with van der Waals surface area (Å²) in [6.45, 7) is 4.43.